The Bertz CT molecular complexity index is 392. The molecule has 1 aromatic carbocycles. The molecular weight excluding hydrogens is 262 g/mol. The monoisotopic (exact) mass is 283 g/mol. The SMILES string of the molecule is CCCOc1ccc(CNCC2CCCO2)cc1Cl. The van der Waals surface area contributed by atoms with E-state index in [1.165, 1.54) is 12.0 Å². The van der Waals surface area contributed by atoms with Crippen LogP contribution in [-0.2, 0) is 11.3 Å². The highest BCUT2D eigenvalue weighted by Crippen LogP contribution is 2.25. The summed E-state index contributed by atoms with van der Waals surface area (Å²) in [7, 11) is 0. The molecule has 1 heterocycles. The molecule has 4 heteroatoms. The van der Waals surface area contributed by atoms with Crippen molar-refractivity contribution >= 4 is 11.6 Å². The van der Waals surface area contributed by atoms with Gasteiger partial charge in [-0.3, -0.25) is 0 Å². The Morgan fingerprint density at radius 2 is 2.37 bits per heavy atom. The van der Waals surface area contributed by atoms with E-state index < -0.39 is 0 Å². The van der Waals surface area contributed by atoms with Crippen molar-refractivity contribution in [2.75, 3.05) is 19.8 Å². The Morgan fingerprint density at radius 3 is 3.05 bits per heavy atom. The lowest BCUT2D eigenvalue weighted by molar-refractivity contribution is 0.110. The molecule has 106 valence electrons. The zero-order valence-corrected chi connectivity index (χ0v) is 12.2. The average molecular weight is 284 g/mol. The summed E-state index contributed by atoms with van der Waals surface area (Å²) in [6.45, 7) is 5.41. The number of hydrogen-bond donors (Lipinski definition) is 1. The van der Waals surface area contributed by atoms with Crippen LogP contribution in [0.3, 0.4) is 0 Å². The van der Waals surface area contributed by atoms with Gasteiger partial charge in [0.2, 0.25) is 0 Å². The first kappa shape index (κ1) is 14.6. The largest absolute Gasteiger partial charge is 0.492 e. The third kappa shape index (κ3) is 4.68. The Balaban J connectivity index is 1.78. The molecule has 0 spiro atoms. The van der Waals surface area contributed by atoms with E-state index in [1.807, 2.05) is 12.1 Å². The first-order valence-corrected chi connectivity index (χ1v) is 7.41. The zero-order chi connectivity index (χ0) is 13.5. The summed E-state index contributed by atoms with van der Waals surface area (Å²) in [4.78, 5) is 0. The number of hydrogen-bond acceptors (Lipinski definition) is 3. The van der Waals surface area contributed by atoms with Gasteiger partial charge in [0.05, 0.1) is 17.7 Å². The Hall–Kier alpha value is -0.770. The predicted octanol–water partition coefficient (Wildman–Crippen LogP) is 3.40. The number of benzene rings is 1. The van der Waals surface area contributed by atoms with E-state index in [2.05, 4.69) is 18.3 Å². The van der Waals surface area contributed by atoms with Gasteiger partial charge >= 0.3 is 0 Å². The van der Waals surface area contributed by atoms with Gasteiger partial charge in [-0.15, -0.1) is 0 Å². The van der Waals surface area contributed by atoms with Crippen molar-refractivity contribution in [1.82, 2.24) is 5.32 Å². The topological polar surface area (TPSA) is 30.5 Å². The number of halogens is 1. The maximum Gasteiger partial charge on any atom is 0.137 e. The molecule has 1 atom stereocenters. The van der Waals surface area contributed by atoms with Gasteiger partial charge in [0.25, 0.3) is 0 Å². The summed E-state index contributed by atoms with van der Waals surface area (Å²) in [5.41, 5.74) is 1.17. The lowest BCUT2D eigenvalue weighted by atomic mass is 10.2. The van der Waals surface area contributed by atoms with Crippen molar-refractivity contribution in [3.05, 3.63) is 28.8 Å². The molecule has 2 rings (SSSR count). The van der Waals surface area contributed by atoms with Gasteiger partial charge in [-0.05, 0) is 37.0 Å². The molecule has 0 bridgehead atoms. The van der Waals surface area contributed by atoms with E-state index in [-0.39, 0.29) is 0 Å². The van der Waals surface area contributed by atoms with Crippen LogP contribution in [0.25, 0.3) is 0 Å². The first-order chi connectivity index (χ1) is 9.29. The summed E-state index contributed by atoms with van der Waals surface area (Å²) < 4.78 is 11.1. The summed E-state index contributed by atoms with van der Waals surface area (Å²) in [6, 6.07) is 5.97. The van der Waals surface area contributed by atoms with E-state index in [9.17, 15) is 0 Å². The fourth-order valence-electron chi connectivity index (χ4n) is 2.17. The van der Waals surface area contributed by atoms with Gasteiger partial charge in [-0.2, -0.15) is 0 Å². The van der Waals surface area contributed by atoms with Crippen LogP contribution in [0.15, 0.2) is 18.2 Å². The highest BCUT2D eigenvalue weighted by molar-refractivity contribution is 6.32. The molecule has 1 saturated heterocycles. The molecule has 1 aliphatic rings. The van der Waals surface area contributed by atoms with E-state index in [0.717, 1.165) is 38.3 Å². The second kappa shape index (κ2) is 7.73. The fourth-order valence-corrected chi connectivity index (χ4v) is 2.42. The summed E-state index contributed by atoms with van der Waals surface area (Å²) in [6.07, 6.45) is 3.71. The molecule has 0 aromatic heterocycles. The number of rotatable bonds is 7. The molecule has 1 unspecified atom stereocenters. The minimum absolute atomic E-state index is 0.377. The predicted molar refractivity (Wildman–Crippen MR) is 77.9 cm³/mol. The molecule has 1 aliphatic heterocycles. The fraction of sp³-hybridized carbons (Fsp3) is 0.600. The smallest absolute Gasteiger partial charge is 0.137 e. The van der Waals surface area contributed by atoms with Crippen LogP contribution < -0.4 is 10.1 Å². The molecule has 0 radical (unpaired) electrons. The molecule has 0 saturated carbocycles. The van der Waals surface area contributed by atoms with Crippen LogP contribution in [-0.4, -0.2) is 25.9 Å². The summed E-state index contributed by atoms with van der Waals surface area (Å²) >= 11 is 6.19. The standard InChI is InChI=1S/C15H22ClNO2/c1-2-7-19-15-6-5-12(9-14(15)16)10-17-11-13-4-3-8-18-13/h5-6,9,13,17H,2-4,7-8,10-11H2,1H3. The van der Waals surface area contributed by atoms with Crippen molar-refractivity contribution in [2.24, 2.45) is 0 Å². The van der Waals surface area contributed by atoms with Gasteiger partial charge in [0.15, 0.2) is 0 Å². The number of ether oxygens (including phenoxy) is 2. The first-order valence-electron chi connectivity index (χ1n) is 7.03. The summed E-state index contributed by atoms with van der Waals surface area (Å²) in [5, 5.41) is 4.09. The summed E-state index contributed by atoms with van der Waals surface area (Å²) in [5.74, 6) is 0.770. The zero-order valence-electron chi connectivity index (χ0n) is 11.5. The average Bonchev–Trinajstić information content (AvgIpc) is 2.91. The molecule has 0 amide bonds. The van der Waals surface area contributed by atoms with Crippen LogP contribution >= 0.6 is 11.6 Å². The molecular formula is C15H22ClNO2. The molecule has 1 fully saturated rings. The van der Waals surface area contributed by atoms with E-state index in [1.54, 1.807) is 0 Å². The van der Waals surface area contributed by atoms with E-state index in [4.69, 9.17) is 21.1 Å². The van der Waals surface area contributed by atoms with Crippen molar-refractivity contribution in [3.8, 4) is 5.75 Å². The van der Waals surface area contributed by atoms with Crippen LogP contribution in [0.1, 0.15) is 31.7 Å². The second-order valence-electron chi connectivity index (χ2n) is 4.88. The normalized spacial score (nSPS) is 18.7. The lowest BCUT2D eigenvalue weighted by Crippen LogP contribution is -2.25. The molecule has 1 aromatic rings. The molecule has 1 N–H and O–H groups in total. The van der Waals surface area contributed by atoms with Gasteiger partial charge in [0, 0.05) is 19.7 Å². The van der Waals surface area contributed by atoms with Crippen LogP contribution in [0, 0.1) is 0 Å². The minimum Gasteiger partial charge on any atom is -0.492 e. The quantitative estimate of drug-likeness (QED) is 0.832. The van der Waals surface area contributed by atoms with Crippen molar-refractivity contribution in [1.29, 1.82) is 0 Å². The molecule has 19 heavy (non-hydrogen) atoms. The molecule has 0 aliphatic carbocycles. The maximum absolute atomic E-state index is 6.19. The van der Waals surface area contributed by atoms with Crippen LogP contribution in [0.4, 0.5) is 0 Å². The highest BCUT2D eigenvalue weighted by atomic mass is 35.5. The van der Waals surface area contributed by atoms with Crippen molar-refractivity contribution in [3.63, 3.8) is 0 Å². The lowest BCUT2D eigenvalue weighted by Gasteiger charge is -2.12. The highest BCUT2D eigenvalue weighted by Gasteiger charge is 2.14. The Morgan fingerprint density at radius 1 is 1.47 bits per heavy atom. The second-order valence-corrected chi connectivity index (χ2v) is 5.29. The Kier molecular flexibility index (Phi) is 5.95. The van der Waals surface area contributed by atoms with E-state index in [0.29, 0.717) is 17.7 Å². The van der Waals surface area contributed by atoms with Crippen molar-refractivity contribution in [2.45, 2.75) is 38.8 Å². The van der Waals surface area contributed by atoms with Crippen molar-refractivity contribution < 1.29 is 9.47 Å². The third-order valence-corrected chi connectivity index (χ3v) is 3.48. The van der Waals surface area contributed by atoms with Gasteiger partial charge in [0.1, 0.15) is 5.75 Å². The van der Waals surface area contributed by atoms with Gasteiger partial charge < -0.3 is 14.8 Å². The number of nitrogens with one attached hydrogen (secondary N) is 1. The van der Waals surface area contributed by atoms with Gasteiger partial charge in [-0.1, -0.05) is 24.6 Å². The van der Waals surface area contributed by atoms with E-state index >= 15 is 0 Å². The molecule has 3 nitrogen and oxygen atoms in total. The third-order valence-electron chi connectivity index (χ3n) is 3.18. The maximum atomic E-state index is 6.19. The Labute approximate surface area is 120 Å². The van der Waals surface area contributed by atoms with Crippen LogP contribution in [0.2, 0.25) is 5.02 Å². The minimum atomic E-state index is 0.377. The van der Waals surface area contributed by atoms with Crippen LogP contribution in [0.5, 0.6) is 5.75 Å². The van der Waals surface area contributed by atoms with Gasteiger partial charge in [-0.25, -0.2) is 0 Å².